The fourth-order valence-corrected chi connectivity index (χ4v) is 4.73. The highest BCUT2D eigenvalue weighted by atomic mass is 127. The van der Waals surface area contributed by atoms with Gasteiger partial charge in [0.1, 0.15) is 6.10 Å². The second-order valence-electron chi connectivity index (χ2n) is 8.07. The number of aliphatic hydroxyl groups excluding tert-OH is 1. The first kappa shape index (κ1) is 23.7. The largest absolute Gasteiger partial charge is 0.464 e. The van der Waals surface area contributed by atoms with Gasteiger partial charge in [-0.3, -0.25) is 0 Å². The number of aliphatic hydroxyl groups is 1. The van der Waals surface area contributed by atoms with Gasteiger partial charge in [-0.1, -0.05) is 41.9 Å². The Balaban J connectivity index is 1.87. The Morgan fingerprint density at radius 3 is 2.57 bits per heavy atom. The van der Waals surface area contributed by atoms with E-state index in [1.807, 2.05) is 79.2 Å². The average molecular weight is 597 g/mol. The fraction of sp³-hybridized carbons (Fsp3) is 0.148. The number of nitrogens with zero attached hydrogens (tertiary/aromatic N) is 4. The lowest BCUT2D eigenvalue weighted by Gasteiger charge is -2.20. The molecule has 1 N–H and O–H groups in total. The molecule has 0 bridgehead atoms. The third kappa shape index (κ3) is 4.63. The lowest BCUT2D eigenvalue weighted by Crippen LogP contribution is -2.07. The average Bonchev–Trinajstić information content (AvgIpc) is 3.28. The molecule has 2 heterocycles. The van der Waals surface area contributed by atoms with Crippen LogP contribution in [0.5, 0.6) is 6.01 Å². The zero-order chi connectivity index (χ0) is 24.5. The van der Waals surface area contributed by atoms with E-state index in [-0.39, 0.29) is 6.01 Å². The van der Waals surface area contributed by atoms with E-state index in [0.29, 0.717) is 22.8 Å². The molecule has 5 rings (SSSR count). The van der Waals surface area contributed by atoms with E-state index in [4.69, 9.17) is 21.3 Å². The molecule has 8 heteroatoms. The summed E-state index contributed by atoms with van der Waals surface area (Å²) in [6, 6.07) is 19.5. The molecule has 0 aliphatic rings. The molecule has 2 aromatic heterocycles. The minimum Gasteiger partial charge on any atom is -0.464 e. The molecule has 0 fully saturated rings. The summed E-state index contributed by atoms with van der Waals surface area (Å²) in [6.07, 6.45) is 2.67. The predicted octanol–water partition coefficient (Wildman–Crippen LogP) is 6.44. The van der Waals surface area contributed by atoms with Crippen LogP contribution in [-0.2, 0) is 7.05 Å². The Kier molecular flexibility index (Phi) is 6.73. The van der Waals surface area contributed by atoms with Gasteiger partial charge in [0.15, 0.2) is 0 Å². The minimum absolute atomic E-state index is 0.289. The van der Waals surface area contributed by atoms with Crippen LogP contribution in [0.4, 0.5) is 0 Å². The van der Waals surface area contributed by atoms with Crippen LogP contribution in [-0.4, -0.2) is 31.2 Å². The molecule has 5 aromatic rings. The van der Waals surface area contributed by atoms with Crippen molar-refractivity contribution in [2.75, 3.05) is 6.61 Å². The van der Waals surface area contributed by atoms with Gasteiger partial charge < -0.3 is 14.4 Å². The van der Waals surface area contributed by atoms with Crippen molar-refractivity contribution in [2.24, 2.45) is 7.05 Å². The summed E-state index contributed by atoms with van der Waals surface area (Å²) >= 11 is 8.61. The summed E-state index contributed by atoms with van der Waals surface area (Å²) in [7, 11) is 1.93. The van der Waals surface area contributed by atoms with Crippen LogP contribution in [0.25, 0.3) is 33.4 Å². The van der Waals surface area contributed by atoms with Gasteiger partial charge >= 0.3 is 6.01 Å². The van der Waals surface area contributed by atoms with Crippen molar-refractivity contribution in [3.63, 3.8) is 0 Å². The molecule has 6 nitrogen and oxygen atoms in total. The van der Waals surface area contributed by atoms with E-state index in [9.17, 15) is 5.11 Å². The number of hydrogen-bond acceptors (Lipinski definition) is 5. The van der Waals surface area contributed by atoms with Gasteiger partial charge in [0.2, 0.25) is 0 Å². The van der Waals surface area contributed by atoms with Crippen LogP contribution in [0.15, 0.2) is 73.2 Å². The Bertz CT molecular complexity index is 1520. The van der Waals surface area contributed by atoms with Crippen LogP contribution >= 0.6 is 34.2 Å². The van der Waals surface area contributed by atoms with E-state index >= 15 is 0 Å². The molecule has 0 aliphatic carbocycles. The van der Waals surface area contributed by atoms with E-state index in [0.717, 1.165) is 36.9 Å². The molecule has 35 heavy (non-hydrogen) atoms. The standard InChI is InChI=1S/C27H22ClIN4O2/c1-3-35-27-31-21-12-11-20(26(34)16-7-9-19(29)10-8-16)23(22-14-30-15-33(22)2)24(21)25(32-27)17-5-4-6-18(28)13-17/h4-15,26,34H,3H2,1-2H3. The number of fused-ring (bicyclic) bond motifs is 1. The molecule has 0 spiro atoms. The van der Waals surface area contributed by atoms with E-state index < -0.39 is 6.10 Å². The molecule has 0 radical (unpaired) electrons. The highest BCUT2D eigenvalue weighted by Gasteiger charge is 2.24. The fourth-order valence-electron chi connectivity index (χ4n) is 4.19. The van der Waals surface area contributed by atoms with Crippen molar-refractivity contribution in [1.29, 1.82) is 0 Å². The SMILES string of the molecule is CCOc1nc(-c2cccc(Cl)c2)c2c(-c3cncn3C)c(C(O)c3ccc(I)cc3)ccc2n1. The number of hydrogen-bond donors (Lipinski definition) is 1. The summed E-state index contributed by atoms with van der Waals surface area (Å²) in [5, 5.41) is 12.9. The zero-order valence-electron chi connectivity index (χ0n) is 19.1. The van der Waals surface area contributed by atoms with Gasteiger partial charge in [0.25, 0.3) is 0 Å². The van der Waals surface area contributed by atoms with Crippen molar-refractivity contribution in [2.45, 2.75) is 13.0 Å². The second-order valence-corrected chi connectivity index (χ2v) is 9.75. The third-order valence-electron chi connectivity index (χ3n) is 5.80. The number of ether oxygens (including phenoxy) is 1. The van der Waals surface area contributed by atoms with Crippen molar-refractivity contribution in [3.8, 4) is 28.5 Å². The molecule has 1 unspecified atom stereocenters. The van der Waals surface area contributed by atoms with E-state index in [1.54, 1.807) is 12.5 Å². The lowest BCUT2D eigenvalue weighted by atomic mass is 9.90. The normalized spacial score (nSPS) is 12.1. The maximum atomic E-state index is 11.5. The second kappa shape index (κ2) is 9.93. The summed E-state index contributed by atoms with van der Waals surface area (Å²) < 4.78 is 8.72. The maximum Gasteiger partial charge on any atom is 0.317 e. The van der Waals surface area contributed by atoms with Gasteiger partial charge in [0.05, 0.1) is 36.0 Å². The van der Waals surface area contributed by atoms with E-state index in [1.165, 1.54) is 0 Å². The van der Waals surface area contributed by atoms with Gasteiger partial charge in [0, 0.05) is 32.2 Å². The molecule has 0 aliphatic heterocycles. The highest BCUT2D eigenvalue weighted by molar-refractivity contribution is 14.1. The Hall–Kier alpha value is -3.01. The van der Waals surface area contributed by atoms with Gasteiger partial charge in [-0.2, -0.15) is 9.97 Å². The number of imidazole rings is 1. The Morgan fingerprint density at radius 2 is 1.89 bits per heavy atom. The van der Waals surface area contributed by atoms with Crippen molar-refractivity contribution in [1.82, 2.24) is 19.5 Å². The molecule has 0 saturated carbocycles. The van der Waals surface area contributed by atoms with Crippen molar-refractivity contribution < 1.29 is 9.84 Å². The summed E-state index contributed by atoms with van der Waals surface area (Å²) in [4.78, 5) is 13.8. The number of rotatable bonds is 6. The summed E-state index contributed by atoms with van der Waals surface area (Å²) in [5.74, 6) is 0. The molecule has 1 atom stereocenters. The van der Waals surface area contributed by atoms with Crippen LogP contribution < -0.4 is 4.74 Å². The smallest absolute Gasteiger partial charge is 0.317 e. The Labute approximate surface area is 221 Å². The first-order chi connectivity index (χ1) is 17.0. The minimum atomic E-state index is -0.861. The number of aromatic nitrogens is 4. The third-order valence-corrected chi connectivity index (χ3v) is 6.75. The molecule has 0 saturated heterocycles. The van der Waals surface area contributed by atoms with Crippen LogP contribution in [0.1, 0.15) is 24.2 Å². The van der Waals surface area contributed by atoms with Crippen molar-refractivity contribution in [3.05, 3.63) is 92.9 Å². The molecule has 3 aromatic carbocycles. The predicted molar refractivity (Wildman–Crippen MR) is 147 cm³/mol. The van der Waals surface area contributed by atoms with Gasteiger partial charge in [-0.05, 0) is 71.0 Å². The van der Waals surface area contributed by atoms with Gasteiger partial charge in [-0.15, -0.1) is 0 Å². The Morgan fingerprint density at radius 1 is 1.09 bits per heavy atom. The van der Waals surface area contributed by atoms with Crippen molar-refractivity contribution >= 4 is 45.1 Å². The summed E-state index contributed by atoms with van der Waals surface area (Å²) in [5.41, 5.74) is 5.39. The van der Waals surface area contributed by atoms with Crippen LogP contribution in [0, 0.1) is 3.57 Å². The van der Waals surface area contributed by atoms with Gasteiger partial charge in [-0.25, -0.2) is 4.98 Å². The van der Waals surface area contributed by atoms with Crippen LogP contribution in [0.3, 0.4) is 0 Å². The highest BCUT2D eigenvalue weighted by Crippen LogP contribution is 2.41. The number of aryl methyl sites for hydroxylation is 1. The molecule has 176 valence electrons. The zero-order valence-corrected chi connectivity index (χ0v) is 22.0. The number of halogens is 2. The lowest BCUT2D eigenvalue weighted by molar-refractivity contribution is 0.221. The van der Waals surface area contributed by atoms with Crippen LogP contribution in [0.2, 0.25) is 5.02 Å². The number of benzene rings is 3. The molecular formula is C27H22ClIN4O2. The monoisotopic (exact) mass is 596 g/mol. The quantitative estimate of drug-likeness (QED) is 0.229. The first-order valence-corrected chi connectivity index (χ1v) is 12.6. The van der Waals surface area contributed by atoms with E-state index in [2.05, 4.69) is 32.6 Å². The first-order valence-electron chi connectivity index (χ1n) is 11.1. The molecular weight excluding hydrogens is 575 g/mol. The molecule has 0 amide bonds. The maximum absolute atomic E-state index is 11.5. The summed E-state index contributed by atoms with van der Waals surface area (Å²) in [6.45, 7) is 2.34. The topological polar surface area (TPSA) is 73.1 Å².